The number of carbonyl (C=O) groups excluding carboxylic acids is 1. The predicted octanol–water partition coefficient (Wildman–Crippen LogP) is 5.07. The number of rotatable bonds is 4. The summed E-state index contributed by atoms with van der Waals surface area (Å²) in [6.07, 6.45) is 5.53. The molecule has 2 aromatic carbocycles. The fraction of sp³-hybridized carbons (Fsp3) is 0.261. The lowest BCUT2D eigenvalue weighted by Gasteiger charge is -2.32. The highest BCUT2D eigenvalue weighted by molar-refractivity contribution is 9.10. The first-order valence-electron chi connectivity index (χ1n) is 9.79. The first-order chi connectivity index (χ1) is 14.1. The Hall–Kier alpha value is -2.73. The predicted molar refractivity (Wildman–Crippen MR) is 120 cm³/mol. The highest BCUT2D eigenvalue weighted by atomic mass is 79.9. The first-order valence-corrected chi connectivity index (χ1v) is 10.6. The van der Waals surface area contributed by atoms with Crippen molar-refractivity contribution in [3.8, 4) is 11.1 Å². The Kier molecular flexibility index (Phi) is 5.90. The maximum atomic E-state index is 12.8. The number of nitrogens with zero attached hydrogens (tertiary/aromatic N) is 3. The van der Waals surface area contributed by atoms with E-state index in [2.05, 4.69) is 36.1 Å². The van der Waals surface area contributed by atoms with Crippen LogP contribution in [-0.2, 0) is 4.79 Å². The fourth-order valence-corrected chi connectivity index (χ4v) is 3.85. The van der Waals surface area contributed by atoms with E-state index in [9.17, 15) is 4.79 Å². The van der Waals surface area contributed by atoms with E-state index in [1.54, 1.807) is 0 Å². The molecule has 6 heteroatoms. The Morgan fingerprint density at radius 3 is 2.59 bits per heavy atom. The van der Waals surface area contributed by atoms with E-state index in [1.807, 2.05) is 67.8 Å². The smallest absolute Gasteiger partial charge is 0.229 e. The van der Waals surface area contributed by atoms with Crippen LogP contribution >= 0.6 is 15.9 Å². The zero-order valence-corrected chi connectivity index (χ0v) is 17.9. The molecule has 29 heavy (non-hydrogen) atoms. The maximum absolute atomic E-state index is 12.8. The lowest BCUT2D eigenvalue weighted by Crippen LogP contribution is -2.41. The number of hydrogen-bond donors (Lipinski definition) is 1. The zero-order chi connectivity index (χ0) is 20.2. The third kappa shape index (κ3) is 4.65. The van der Waals surface area contributed by atoms with Gasteiger partial charge >= 0.3 is 0 Å². The molecule has 5 nitrogen and oxygen atoms in total. The van der Waals surface area contributed by atoms with Crippen LogP contribution in [0.3, 0.4) is 0 Å². The second-order valence-corrected chi connectivity index (χ2v) is 8.23. The minimum absolute atomic E-state index is 0.0531. The van der Waals surface area contributed by atoms with Gasteiger partial charge in [-0.15, -0.1) is 0 Å². The van der Waals surface area contributed by atoms with Crippen LogP contribution in [0.4, 0.5) is 11.6 Å². The molecule has 1 aromatic heterocycles. The van der Waals surface area contributed by atoms with Crippen molar-refractivity contribution in [1.82, 2.24) is 9.97 Å². The van der Waals surface area contributed by atoms with Crippen LogP contribution in [0.5, 0.6) is 0 Å². The number of anilines is 2. The highest BCUT2D eigenvalue weighted by Crippen LogP contribution is 2.25. The summed E-state index contributed by atoms with van der Waals surface area (Å²) in [6.45, 7) is 3.51. The third-order valence-corrected chi connectivity index (χ3v) is 6.14. The minimum atomic E-state index is -0.0786. The number of carbonyl (C=O) groups is 1. The van der Waals surface area contributed by atoms with Crippen LogP contribution in [0.1, 0.15) is 18.4 Å². The van der Waals surface area contributed by atoms with Crippen LogP contribution in [0, 0.1) is 12.8 Å². The number of aromatic nitrogens is 2. The average Bonchev–Trinajstić information content (AvgIpc) is 2.77. The van der Waals surface area contributed by atoms with Gasteiger partial charge in [0.2, 0.25) is 11.9 Å². The molecule has 0 spiro atoms. The van der Waals surface area contributed by atoms with Crippen molar-refractivity contribution in [2.24, 2.45) is 5.92 Å². The summed E-state index contributed by atoms with van der Waals surface area (Å²) < 4.78 is 1.04. The number of amides is 1. The average molecular weight is 451 g/mol. The van der Waals surface area contributed by atoms with Gasteiger partial charge in [-0.25, -0.2) is 9.97 Å². The number of piperidine rings is 1. The number of benzene rings is 2. The van der Waals surface area contributed by atoms with E-state index < -0.39 is 0 Å². The van der Waals surface area contributed by atoms with Gasteiger partial charge in [0.15, 0.2) is 0 Å². The summed E-state index contributed by atoms with van der Waals surface area (Å²) in [5.41, 5.74) is 4.02. The van der Waals surface area contributed by atoms with Crippen molar-refractivity contribution in [3.05, 3.63) is 71.0 Å². The van der Waals surface area contributed by atoms with Crippen LogP contribution < -0.4 is 10.2 Å². The molecule has 4 rings (SSSR count). The van der Waals surface area contributed by atoms with Crippen LogP contribution in [0.25, 0.3) is 11.1 Å². The van der Waals surface area contributed by atoms with Crippen molar-refractivity contribution >= 4 is 33.5 Å². The summed E-state index contributed by atoms with van der Waals surface area (Å²) >= 11 is 3.49. The molecule has 2 heterocycles. The van der Waals surface area contributed by atoms with Crippen molar-refractivity contribution in [1.29, 1.82) is 0 Å². The van der Waals surface area contributed by atoms with Crippen molar-refractivity contribution < 1.29 is 4.79 Å². The molecule has 1 fully saturated rings. The van der Waals surface area contributed by atoms with Crippen LogP contribution in [-0.4, -0.2) is 29.0 Å². The summed E-state index contributed by atoms with van der Waals surface area (Å²) in [6, 6.07) is 15.9. The van der Waals surface area contributed by atoms with E-state index in [1.165, 1.54) is 0 Å². The molecule has 1 amide bonds. The Balaban J connectivity index is 1.42. The molecule has 1 aliphatic heterocycles. The molecular formula is C23H23BrN4O. The van der Waals surface area contributed by atoms with Crippen molar-refractivity contribution in [3.63, 3.8) is 0 Å². The van der Waals surface area contributed by atoms with Gasteiger partial charge in [-0.05, 0) is 49.1 Å². The molecule has 3 aromatic rings. The largest absolute Gasteiger partial charge is 0.340 e. The lowest BCUT2D eigenvalue weighted by atomic mass is 9.97. The van der Waals surface area contributed by atoms with Crippen LogP contribution in [0.15, 0.2) is 65.4 Å². The quantitative estimate of drug-likeness (QED) is 0.602. The molecule has 1 saturated heterocycles. The van der Waals surface area contributed by atoms with Crippen molar-refractivity contribution in [2.45, 2.75) is 19.8 Å². The first kappa shape index (κ1) is 19.6. The second-order valence-electron chi connectivity index (χ2n) is 7.38. The van der Waals surface area contributed by atoms with E-state index in [0.29, 0.717) is 12.5 Å². The molecule has 1 N–H and O–H groups in total. The molecule has 1 aliphatic rings. The number of hydrogen-bond acceptors (Lipinski definition) is 4. The fourth-order valence-electron chi connectivity index (χ4n) is 3.60. The molecule has 1 atom stereocenters. The van der Waals surface area contributed by atoms with Gasteiger partial charge in [-0.3, -0.25) is 4.79 Å². The zero-order valence-electron chi connectivity index (χ0n) is 16.3. The van der Waals surface area contributed by atoms with E-state index >= 15 is 0 Å². The summed E-state index contributed by atoms with van der Waals surface area (Å²) in [4.78, 5) is 24.0. The Labute approximate surface area is 179 Å². The lowest BCUT2D eigenvalue weighted by molar-refractivity contribution is -0.120. The number of halogens is 1. The topological polar surface area (TPSA) is 58.1 Å². The molecule has 148 valence electrons. The molecule has 0 aliphatic carbocycles. The standard InChI is InChI=1S/C23H23BrN4O/c1-16-12-20(9-10-21(16)24)27-22(29)18-8-5-11-28(15-18)23-25-13-19(14-26-23)17-6-3-2-4-7-17/h2-4,6-7,9-10,12-14,18H,5,8,11,15H2,1H3,(H,27,29)/t18-/m1/s1. The van der Waals surface area contributed by atoms with Gasteiger partial charge in [0.1, 0.15) is 0 Å². The minimum Gasteiger partial charge on any atom is -0.340 e. The Morgan fingerprint density at radius 2 is 1.86 bits per heavy atom. The van der Waals surface area contributed by atoms with E-state index in [4.69, 9.17) is 0 Å². The molecule has 0 unspecified atom stereocenters. The van der Waals surface area contributed by atoms with Gasteiger partial charge in [-0.1, -0.05) is 46.3 Å². The summed E-state index contributed by atoms with van der Waals surface area (Å²) in [5.74, 6) is 0.657. The van der Waals surface area contributed by atoms with E-state index in [-0.39, 0.29) is 11.8 Å². The van der Waals surface area contributed by atoms with Crippen LogP contribution in [0.2, 0.25) is 0 Å². The van der Waals surface area contributed by atoms with Gasteiger partial charge < -0.3 is 10.2 Å². The van der Waals surface area contributed by atoms with E-state index in [0.717, 1.165) is 46.2 Å². The number of nitrogens with one attached hydrogen (secondary N) is 1. The van der Waals surface area contributed by atoms with Gasteiger partial charge in [0, 0.05) is 41.2 Å². The molecule has 0 bridgehead atoms. The summed E-state index contributed by atoms with van der Waals surface area (Å²) in [5, 5.41) is 3.06. The summed E-state index contributed by atoms with van der Waals surface area (Å²) in [7, 11) is 0. The normalized spacial score (nSPS) is 16.5. The van der Waals surface area contributed by atoms with Gasteiger partial charge in [0.05, 0.1) is 5.92 Å². The highest BCUT2D eigenvalue weighted by Gasteiger charge is 2.27. The second kappa shape index (κ2) is 8.74. The van der Waals surface area contributed by atoms with Gasteiger partial charge in [0.25, 0.3) is 0 Å². The molecular weight excluding hydrogens is 428 g/mol. The Bertz CT molecular complexity index is 992. The van der Waals surface area contributed by atoms with Crippen molar-refractivity contribution in [2.75, 3.05) is 23.3 Å². The van der Waals surface area contributed by atoms with Gasteiger partial charge in [-0.2, -0.15) is 0 Å². The SMILES string of the molecule is Cc1cc(NC(=O)[C@@H]2CCCN(c3ncc(-c4ccccc4)cn3)C2)ccc1Br. The molecule has 0 saturated carbocycles. The number of aryl methyl sites for hydroxylation is 1. The monoisotopic (exact) mass is 450 g/mol. The Morgan fingerprint density at radius 1 is 1.10 bits per heavy atom. The third-order valence-electron chi connectivity index (χ3n) is 5.25. The molecule has 0 radical (unpaired) electrons. The maximum Gasteiger partial charge on any atom is 0.229 e.